The van der Waals surface area contributed by atoms with E-state index in [0.717, 1.165) is 0 Å². The molecule has 2 saturated heterocycles. The molecular formula is C6H9O3U-. The molecule has 0 unspecified atom stereocenters. The summed E-state index contributed by atoms with van der Waals surface area (Å²) in [6, 6.07) is 0. The Kier molecular flexibility index (Phi) is 2.09. The van der Waals surface area contributed by atoms with Crippen LogP contribution in [-0.4, -0.2) is 29.5 Å². The molecule has 2 aliphatic heterocycles. The second kappa shape index (κ2) is 2.76. The zero-order valence-corrected chi connectivity index (χ0v) is 9.57. The number of hydrogen-bond donors (Lipinski definition) is 1. The van der Waals surface area contributed by atoms with Crippen molar-refractivity contribution in [3.8, 4) is 0 Å². The third-order valence-corrected chi connectivity index (χ3v) is 1.81. The van der Waals surface area contributed by atoms with Crippen LogP contribution in [0.4, 0.5) is 0 Å². The Balaban J connectivity index is 0.000000605. The van der Waals surface area contributed by atoms with Gasteiger partial charge in [-0.3, -0.25) is 0 Å². The van der Waals surface area contributed by atoms with Crippen LogP contribution in [0.1, 0.15) is 8.27 Å². The fraction of sp³-hybridized carbons (Fsp3) is 0.833. The Morgan fingerprint density at radius 3 is 2.90 bits per heavy atom. The van der Waals surface area contributed by atoms with E-state index in [4.69, 9.17) is 10.8 Å². The van der Waals surface area contributed by atoms with Gasteiger partial charge in [0.2, 0.25) is 0 Å². The van der Waals surface area contributed by atoms with E-state index < -0.39 is 11.7 Å². The molecule has 0 radical (unpaired) electrons. The predicted molar refractivity (Wildman–Crippen MR) is 29.5 cm³/mol. The van der Waals surface area contributed by atoms with Crippen molar-refractivity contribution >= 4 is 0 Å². The van der Waals surface area contributed by atoms with Crippen molar-refractivity contribution in [2.45, 2.75) is 24.7 Å². The van der Waals surface area contributed by atoms with Gasteiger partial charge >= 0.3 is 0 Å². The summed E-state index contributed by atoms with van der Waals surface area (Å²) in [6.45, 7) is 1.88. The molecule has 2 aliphatic rings. The number of rotatable bonds is 0. The van der Waals surface area contributed by atoms with E-state index in [0.29, 0.717) is 6.61 Å². The summed E-state index contributed by atoms with van der Waals surface area (Å²) < 4.78 is 17.3. The molecule has 56 valence electrons. The first-order valence-electron chi connectivity index (χ1n) is 3.59. The number of aliphatic hydroxyl groups is 1. The Bertz CT molecular complexity index is 147. The van der Waals surface area contributed by atoms with E-state index in [9.17, 15) is 5.11 Å². The van der Waals surface area contributed by atoms with Crippen LogP contribution in [0.2, 0.25) is 0 Å². The first-order valence-corrected chi connectivity index (χ1v) is 2.88. The number of fused-ring (bicyclic) bond motifs is 2. The third-order valence-electron chi connectivity index (χ3n) is 1.81. The van der Waals surface area contributed by atoms with Gasteiger partial charge in [-0.1, -0.05) is 0 Å². The summed E-state index contributed by atoms with van der Waals surface area (Å²) >= 11 is 0. The molecule has 4 heteroatoms. The Morgan fingerprint density at radius 2 is 2.70 bits per heavy atom. The summed E-state index contributed by atoms with van der Waals surface area (Å²) in [5.74, 6) is 0. The number of hydrogen-bond acceptors (Lipinski definition) is 3. The number of ether oxygens (including phenoxy) is 2. The molecule has 0 aliphatic carbocycles. The quantitative estimate of drug-likeness (QED) is 0.597. The minimum atomic E-state index is -0.745. The van der Waals surface area contributed by atoms with Crippen molar-refractivity contribution < 1.29 is 47.1 Å². The second-order valence-electron chi connectivity index (χ2n) is 2.54. The minimum Gasteiger partial charge on any atom is -0.542 e. The van der Waals surface area contributed by atoms with Crippen molar-refractivity contribution in [3.63, 3.8) is 0 Å². The van der Waals surface area contributed by atoms with Gasteiger partial charge in [0.25, 0.3) is 0 Å². The van der Waals surface area contributed by atoms with E-state index in [1.54, 1.807) is 0 Å². The largest absolute Gasteiger partial charge is 0.542 e. The Morgan fingerprint density at radius 1 is 1.90 bits per heavy atom. The van der Waals surface area contributed by atoms with Gasteiger partial charge < -0.3 is 14.6 Å². The van der Waals surface area contributed by atoms with E-state index in [-0.39, 0.29) is 44.1 Å². The summed E-state index contributed by atoms with van der Waals surface area (Å²) in [4.78, 5) is 0. The standard InChI is InChI=1S/C6H9O3.U/c1-6-3-8-4(2-9-6)5(6)7;/h2,4-5,7H,3H2,1H3;/q-1;/t4-,5+,6-;/m0./s1/i1D;. The molecule has 2 bridgehead atoms. The van der Waals surface area contributed by atoms with Crippen molar-refractivity contribution in [2.24, 2.45) is 0 Å². The van der Waals surface area contributed by atoms with Gasteiger partial charge in [-0.15, -0.1) is 0 Å². The van der Waals surface area contributed by atoms with E-state index in [1.807, 2.05) is 0 Å². The molecule has 0 aromatic rings. The van der Waals surface area contributed by atoms with Crippen LogP contribution in [0.5, 0.6) is 0 Å². The van der Waals surface area contributed by atoms with Crippen molar-refractivity contribution in [3.05, 3.63) is 6.61 Å². The smallest absolute Gasteiger partial charge is 0.0823 e. The van der Waals surface area contributed by atoms with E-state index in [2.05, 4.69) is 0 Å². The predicted octanol–water partition coefficient (Wildman–Crippen LogP) is -0.303. The molecule has 0 aromatic heterocycles. The zero-order valence-electron chi connectivity index (χ0n) is 6.41. The van der Waals surface area contributed by atoms with E-state index in [1.165, 1.54) is 6.61 Å². The zero-order chi connectivity index (χ0) is 7.19. The van der Waals surface area contributed by atoms with Gasteiger partial charge in [-0.2, -0.15) is 6.61 Å². The summed E-state index contributed by atoms with van der Waals surface area (Å²) in [5, 5.41) is 9.38. The molecule has 0 saturated carbocycles. The molecular weight excluding hydrogens is 358 g/mol. The monoisotopic (exact) mass is 368 g/mol. The average Bonchev–Trinajstić information content (AvgIpc) is 2.46. The van der Waals surface area contributed by atoms with Crippen LogP contribution < -0.4 is 0 Å². The van der Waals surface area contributed by atoms with Gasteiger partial charge in [0.15, 0.2) is 0 Å². The molecule has 0 amide bonds. The molecule has 2 rings (SSSR count). The van der Waals surface area contributed by atoms with Gasteiger partial charge in [0.1, 0.15) is 0 Å². The van der Waals surface area contributed by atoms with Crippen LogP contribution in [0.15, 0.2) is 0 Å². The van der Waals surface area contributed by atoms with Gasteiger partial charge in [-0.05, 0) is 13.0 Å². The van der Waals surface area contributed by atoms with Crippen molar-refractivity contribution in [2.75, 3.05) is 6.61 Å². The molecule has 2 heterocycles. The Labute approximate surface area is 84.9 Å². The second-order valence-corrected chi connectivity index (χ2v) is 2.54. The fourth-order valence-corrected chi connectivity index (χ4v) is 1.13. The maximum absolute atomic E-state index is 9.38. The molecule has 3 nitrogen and oxygen atoms in total. The topological polar surface area (TPSA) is 38.7 Å². The van der Waals surface area contributed by atoms with Crippen molar-refractivity contribution in [1.29, 1.82) is 0 Å². The SMILES string of the molecule is [2H]C[C@@]12CO[C@@H]([CH-]O1)[C@H]2O.[U]. The van der Waals surface area contributed by atoms with Crippen LogP contribution in [0.25, 0.3) is 0 Å². The van der Waals surface area contributed by atoms with Crippen LogP contribution in [0, 0.1) is 37.7 Å². The maximum atomic E-state index is 9.38. The molecule has 10 heavy (non-hydrogen) atoms. The van der Waals surface area contributed by atoms with Gasteiger partial charge in [-0.25, -0.2) is 0 Å². The number of aliphatic hydroxyl groups excluding tert-OH is 1. The first-order chi connectivity index (χ1) is 4.78. The molecule has 0 aromatic carbocycles. The molecule has 2 fully saturated rings. The van der Waals surface area contributed by atoms with Crippen LogP contribution in [-0.2, 0) is 9.47 Å². The van der Waals surface area contributed by atoms with Crippen molar-refractivity contribution in [1.82, 2.24) is 0 Å². The van der Waals surface area contributed by atoms with Gasteiger partial charge in [0, 0.05) is 32.5 Å². The maximum Gasteiger partial charge on any atom is 0.0823 e. The average molecular weight is 368 g/mol. The normalized spacial score (nSPS) is 52.3. The molecule has 0 spiro atoms. The fourth-order valence-electron chi connectivity index (χ4n) is 1.13. The van der Waals surface area contributed by atoms with E-state index >= 15 is 0 Å². The van der Waals surface area contributed by atoms with Crippen LogP contribution in [0.3, 0.4) is 0 Å². The van der Waals surface area contributed by atoms with Gasteiger partial charge in [0.05, 0.1) is 18.3 Å². The summed E-state index contributed by atoms with van der Waals surface area (Å²) in [7, 11) is 0. The minimum absolute atomic E-state index is 0. The molecule has 1 N–H and O–H groups in total. The summed E-state index contributed by atoms with van der Waals surface area (Å²) in [5.41, 5.74) is -0.745. The Hall–Kier alpha value is 0.932. The third kappa shape index (κ3) is 1.07. The first kappa shape index (κ1) is 7.57. The summed E-state index contributed by atoms with van der Waals surface area (Å²) in [6.07, 6.45) is -0.935. The van der Waals surface area contributed by atoms with Crippen LogP contribution >= 0.6 is 0 Å². The molecule has 3 atom stereocenters.